The third kappa shape index (κ3) is 12.9. The molecule has 0 heterocycles. The Bertz CT molecular complexity index is 447. The van der Waals surface area contributed by atoms with E-state index in [0.29, 0.717) is 17.4 Å². The van der Waals surface area contributed by atoms with Crippen molar-refractivity contribution in [3.63, 3.8) is 0 Å². The number of carbonyl (C=O) groups excluding carboxylic acids is 1. The molecule has 0 rings (SSSR count). The fourth-order valence-corrected chi connectivity index (χ4v) is 1.71. The van der Waals surface area contributed by atoms with Crippen molar-refractivity contribution >= 4 is 17.9 Å². The van der Waals surface area contributed by atoms with Crippen LogP contribution in [-0.4, -0.2) is 66.4 Å². The molecule has 0 amide bonds. The quantitative estimate of drug-likeness (QED) is 0.271. The summed E-state index contributed by atoms with van der Waals surface area (Å²) in [5.41, 5.74) is 0. The number of nitrogens with zero attached hydrogens (tertiary/aromatic N) is 1. The Hall–Kier alpha value is -2.15. The van der Waals surface area contributed by atoms with Crippen LogP contribution < -0.4 is 0 Å². The van der Waals surface area contributed by atoms with Crippen molar-refractivity contribution in [2.75, 3.05) is 27.7 Å². The second kappa shape index (κ2) is 9.73. The van der Waals surface area contributed by atoms with Crippen LogP contribution in [0.1, 0.15) is 19.3 Å². The highest BCUT2D eigenvalue weighted by molar-refractivity contribution is 5.79. The Balaban J connectivity index is 4.30. The first kappa shape index (κ1) is 19.9. The van der Waals surface area contributed by atoms with Crippen molar-refractivity contribution in [2.45, 2.75) is 25.4 Å². The number of likely N-dealkylation sites (N-methyl/N-ethyl adjacent to an activating group) is 1. The molecule has 0 fully saturated rings. The van der Waals surface area contributed by atoms with Gasteiger partial charge < -0.3 is 19.4 Å². The number of quaternary nitrogens is 1. The minimum absolute atomic E-state index is 0.0220. The molecule has 7 heteroatoms. The van der Waals surface area contributed by atoms with Crippen LogP contribution in [0.3, 0.4) is 0 Å². The van der Waals surface area contributed by atoms with Crippen LogP contribution in [0.15, 0.2) is 24.3 Å². The van der Waals surface area contributed by atoms with E-state index in [1.807, 2.05) is 21.1 Å². The van der Waals surface area contributed by atoms with E-state index in [9.17, 15) is 14.4 Å². The lowest BCUT2D eigenvalue weighted by Crippen LogP contribution is -2.43. The molecule has 0 aromatic rings. The second-order valence-electron chi connectivity index (χ2n) is 5.83. The average Bonchev–Trinajstić information content (AvgIpc) is 2.29. The zero-order valence-electron chi connectivity index (χ0n) is 13.2. The molecule has 0 aliphatic carbocycles. The zero-order valence-corrected chi connectivity index (χ0v) is 13.2. The zero-order chi connectivity index (χ0) is 17.2. The van der Waals surface area contributed by atoms with E-state index in [0.717, 1.165) is 6.08 Å². The number of hydrogen-bond donors (Lipinski definition) is 2. The fraction of sp³-hybridized carbons (Fsp3) is 0.533. The maximum Gasteiger partial charge on any atom is 0.327 e. The number of aliphatic carboxylic acids is 2. The van der Waals surface area contributed by atoms with Crippen molar-refractivity contribution < 1.29 is 33.8 Å². The maximum atomic E-state index is 11.7. The van der Waals surface area contributed by atoms with E-state index in [4.69, 9.17) is 14.9 Å². The number of carboxylic acids is 2. The highest BCUT2D eigenvalue weighted by atomic mass is 16.5. The van der Waals surface area contributed by atoms with Crippen LogP contribution >= 0.6 is 0 Å². The number of carbonyl (C=O) groups is 3. The third-order valence-electron chi connectivity index (χ3n) is 2.44. The largest absolute Gasteiger partial charge is 0.481 e. The molecule has 0 bridgehead atoms. The van der Waals surface area contributed by atoms with Gasteiger partial charge in [0.15, 0.2) is 6.10 Å². The summed E-state index contributed by atoms with van der Waals surface area (Å²) in [4.78, 5) is 32.7. The molecular formula is C15H24NO6+. The lowest BCUT2D eigenvalue weighted by atomic mass is 10.2. The van der Waals surface area contributed by atoms with Crippen molar-refractivity contribution in [1.82, 2.24) is 0 Å². The molecule has 22 heavy (non-hydrogen) atoms. The number of hydrogen-bond acceptors (Lipinski definition) is 4. The molecule has 0 aromatic carbocycles. The van der Waals surface area contributed by atoms with Gasteiger partial charge in [-0.05, 0) is 6.42 Å². The Morgan fingerprint density at radius 2 is 1.73 bits per heavy atom. The molecule has 1 atom stereocenters. The van der Waals surface area contributed by atoms with Crippen LogP contribution in [-0.2, 0) is 19.1 Å². The fourth-order valence-electron chi connectivity index (χ4n) is 1.71. The number of allylic oxidation sites excluding steroid dienone is 2. The number of rotatable bonds is 10. The summed E-state index contributed by atoms with van der Waals surface area (Å²) in [6.45, 7) is 0.406. The van der Waals surface area contributed by atoms with Crippen molar-refractivity contribution in [3.8, 4) is 0 Å². The van der Waals surface area contributed by atoms with Gasteiger partial charge in [-0.1, -0.05) is 18.2 Å². The minimum Gasteiger partial charge on any atom is -0.481 e. The predicted octanol–water partition coefficient (Wildman–Crippen LogP) is 1.06. The summed E-state index contributed by atoms with van der Waals surface area (Å²) in [5.74, 6) is -2.54. The minimum atomic E-state index is -1.02. The molecule has 0 spiro atoms. The van der Waals surface area contributed by atoms with Crippen LogP contribution in [0.2, 0.25) is 0 Å². The maximum absolute atomic E-state index is 11.7. The Labute approximate surface area is 130 Å². The number of ether oxygens (including phenoxy) is 1. The van der Waals surface area contributed by atoms with Gasteiger partial charge in [-0.3, -0.25) is 9.59 Å². The topological polar surface area (TPSA) is 101 Å². The predicted molar refractivity (Wildman–Crippen MR) is 80.2 cm³/mol. The monoisotopic (exact) mass is 314 g/mol. The Kier molecular flexibility index (Phi) is 8.78. The molecule has 124 valence electrons. The number of esters is 1. The van der Waals surface area contributed by atoms with Crippen molar-refractivity contribution in [1.29, 1.82) is 0 Å². The van der Waals surface area contributed by atoms with Gasteiger partial charge in [-0.15, -0.1) is 0 Å². The standard InChI is InChI=1S/C15H23NO6/c1-16(2,3)11-12(10-14(19)20)22-15(21)9-7-5-4-6-8-13(17)18/h5-8,12H,4,9-11H2,1-3H3,(H-,17,18,19,20)/p+1/b7-5+,8-6+. The Morgan fingerprint density at radius 1 is 1.09 bits per heavy atom. The van der Waals surface area contributed by atoms with E-state index in [2.05, 4.69) is 0 Å². The summed E-state index contributed by atoms with van der Waals surface area (Å²) >= 11 is 0. The molecule has 0 radical (unpaired) electrons. The van der Waals surface area contributed by atoms with Gasteiger partial charge in [0.2, 0.25) is 0 Å². The highest BCUT2D eigenvalue weighted by Crippen LogP contribution is 2.07. The van der Waals surface area contributed by atoms with Gasteiger partial charge >= 0.3 is 17.9 Å². The van der Waals surface area contributed by atoms with Gasteiger partial charge in [0.05, 0.1) is 34.0 Å². The lowest BCUT2D eigenvalue weighted by Gasteiger charge is -2.28. The molecule has 0 saturated heterocycles. The van der Waals surface area contributed by atoms with Gasteiger partial charge in [-0.25, -0.2) is 4.79 Å². The second-order valence-corrected chi connectivity index (χ2v) is 5.83. The molecule has 0 aromatic heterocycles. The van der Waals surface area contributed by atoms with Crippen LogP contribution in [0.5, 0.6) is 0 Å². The summed E-state index contributed by atoms with van der Waals surface area (Å²) in [7, 11) is 5.66. The molecule has 2 N–H and O–H groups in total. The van der Waals surface area contributed by atoms with E-state index in [1.54, 1.807) is 12.2 Å². The van der Waals surface area contributed by atoms with Crippen LogP contribution in [0.4, 0.5) is 0 Å². The van der Waals surface area contributed by atoms with E-state index < -0.39 is 24.0 Å². The average molecular weight is 314 g/mol. The first-order chi connectivity index (χ1) is 10.1. The van der Waals surface area contributed by atoms with Crippen molar-refractivity contribution in [2.24, 2.45) is 0 Å². The van der Waals surface area contributed by atoms with Gasteiger partial charge in [0.1, 0.15) is 6.54 Å². The van der Waals surface area contributed by atoms with Crippen LogP contribution in [0, 0.1) is 0 Å². The first-order valence-electron chi connectivity index (χ1n) is 6.86. The highest BCUT2D eigenvalue weighted by Gasteiger charge is 2.24. The summed E-state index contributed by atoms with van der Waals surface area (Å²) < 4.78 is 5.67. The molecule has 1 unspecified atom stereocenters. The molecular weight excluding hydrogens is 290 g/mol. The summed E-state index contributed by atoms with van der Waals surface area (Å²) in [5, 5.41) is 17.2. The van der Waals surface area contributed by atoms with Crippen molar-refractivity contribution in [3.05, 3.63) is 24.3 Å². The Morgan fingerprint density at radius 3 is 2.23 bits per heavy atom. The molecule has 0 aliphatic rings. The summed E-state index contributed by atoms with van der Waals surface area (Å²) in [6.07, 6.45) is 5.20. The van der Waals surface area contributed by atoms with Crippen LogP contribution in [0.25, 0.3) is 0 Å². The smallest absolute Gasteiger partial charge is 0.327 e. The van der Waals surface area contributed by atoms with E-state index >= 15 is 0 Å². The van der Waals surface area contributed by atoms with Gasteiger partial charge in [-0.2, -0.15) is 0 Å². The number of carboxylic acid groups (broad SMARTS) is 2. The third-order valence-corrected chi connectivity index (χ3v) is 2.44. The first-order valence-corrected chi connectivity index (χ1v) is 6.86. The van der Waals surface area contributed by atoms with Gasteiger partial charge in [0.25, 0.3) is 0 Å². The SMILES string of the molecule is C[N+](C)(C)CC(CC(=O)O)OC(=O)C/C=C/C/C=C/C(=O)O. The molecule has 0 aliphatic heterocycles. The summed E-state index contributed by atoms with van der Waals surface area (Å²) in [6, 6.07) is 0. The normalized spacial score (nSPS) is 13.4. The van der Waals surface area contributed by atoms with E-state index in [1.165, 1.54) is 6.08 Å². The van der Waals surface area contributed by atoms with E-state index in [-0.39, 0.29) is 12.8 Å². The lowest BCUT2D eigenvalue weighted by molar-refractivity contribution is -0.873. The van der Waals surface area contributed by atoms with Gasteiger partial charge in [0, 0.05) is 6.08 Å². The molecule has 7 nitrogen and oxygen atoms in total. The molecule has 0 saturated carbocycles.